The van der Waals surface area contributed by atoms with Crippen molar-refractivity contribution in [1.82, 2.24) is 5.32 Å². The van der Waals surface area contributed by atoms with Crippen molar-refractivity contribution < 1.29 is 9.90 Å². The zero-order valence-corrected chi connectivity index (χ0v) is 9.52. The number of nitrogens with one attached hydrogen (secondary N) is 1. The first-order valence-corrected chi connectivity index (χ1v) is 5.41. The summed E-state index contributed by atoms with van der Waals surface area (Å²) in [6, 6.07) is 3.70. The van der Waals surface area contributed by atoms with Crippen molar-refractivity contribution in [2.75, 3.05) is 6.54 Å². The van der Waals surface area contributed by atoms with Gasteiger partial charge in [0.15, 0.2) is 0 Å². The molecule has 1 aromatic rings. The van der Waals surface area contributed by atoms with E-state index in [9.17, 15) is 9.90 Å². The smallest absolute Gasteiger partial charge is 0.295 e. The van der Waals surface area contributed by atoms with E-state index in [4.69, 9.17) is 0 Å². The summed E-state index contributed by atoms with van der Waals surface area (Å²) in [5.41, 5.74) is -1.03. The number of aliphatic hydroxyl groups is 1. The Bertz CT molecular complexity index is 384. The fraction of sp³-hybridized carbons (Fsp3) is 0.364. The highest BCUT2D eigenvalue weighted by Gasteiger charge is 2.24. The van der Waals surface area contributed by atoms with Gasteiger partial charge in [0.1, 0.15) is 5.60 Å². The lowest BCUT2D eigenvalue weighted by Crippen LogP contribution is -2.37. The highest BCUT2D eigenvalue weighted by Crippen LogP contribution is 2.24. The second kappa shape index (κ2) is 4.96. The third kappa shape index (κ3) is 3.39. The first-order valence-electron chi connectivity index (χ1n) is 4.53. The Morgan fingerprint density at radius 2 is 2.47 bits per heavy atom. The maximum absolute atomic E-state index is 11.1. The fourth-order valence-electron chi connectivity index (χ4n) is 1.08. The summed E-state index contributed by atoms with van der Waals surface area (Å²) in [5.74, 6) is 4.49. The molecule has 0 aliphatic carbocycles. The SMILES string of the molecule is CC#CC(=O)NCC(C)(O)c1cccs1. The van der Waals surface area contributed by atoms with E-state index in [-0.39, 0.29) is 12.5 Å². The minimum atomic E-state index is -1.03. The number of thiophene rings is 1. The Balaban J connectivity index is 2.57. The third-order valence-electron chi connectivity index (χ3n) is 1.88. The highest BCUT2D eigenvalue weighted by molar-refractivity contribution is 7.10. The van der Waals surface area contributed by atoms with Gasteiger partial charge in [-0.25, -0.2) is 0 Å². The number of hydrogen-bond donors (Lipinski definition) is 2. The molecule has 0 aromatic carbocycles. The van der Waals surface area contributed by atoms with E-state index in [0.29, 0.717) is 0 Å². The lowest BCUT2D eigenvalue weighted by Gasteiger charge is -2.21. The van der Waals surface area contributed by atoms with E-state index in [2.05, 4.69) is 17.2 Å². The van der Waals surface area contributed by atoms with Crippen molar-refractivity contribution in [1.29, 1.82) is 0 Å². The van der Waals surface area contributed by atoms with E-state index in [1.165, 1.54) is 11.3 Å². The van der Waals surface area contributed by atoms with Crippen LogP contribution in [0.2, 0.25) is 0 Å². The second-order valence-corrected chi connectivity index (χ2v) is 4.26. The van der Waals surface area contributed by atoms with Crippen molar-refractivity contribution in [2.45, 2.75) is 19.4 Å². The molecule has 0 spiro atoms. The average molecular weight is 223 g/mol. The number of rotatable bonds is 3. The van der Waals surface area contributed by atoms with E-state index in [0.717, 1.165) is 4.88 Å². The molecule has 0 radical (unpaired) electrons. The summed E-state index contributed by atoms with van der Waals surface area (Å²) >= 11 is 1.46. The van der Waals surface area contributed by atoms with Crippen molar-refractivity contribution in [3.8, 4) is 11.8 Å². The molecule has 0 aliphatic rings. The summed E-state index contributed by atoms with van der Waals surface area (Å²) in [4.78, 5) is 11.9. The van der Waals surface area contributed by atoms with Crippen molar-refractivity contribution >= 4 is 17.2 Å². The minimum Gasteiger partial charge on any atom is -0.383 e. The second-order valence-electron chi connectivity index (χ2n) is 3.31. The van der Waals surface area contributed by atoms with Gasteiger partial charge in [-0.1, -0.05) is 12.0 Å². The topological polar surface area (TPSA) is 49.3 Å². The number of carbonyl (C=O) groups is 1. The molecule has 1 aromatic heterocycles. The molecule has 1 rings (SSSR count). The van der Waals surface area contributed by atoms with Crippen LogP contribution in [0.4, 0.5) is 0 Å². The van der Waals surface area contributed by atoms with Crippen LogP contribution in [0.25, 0.3) is 0 Å². The van der Waals surface area contributed by atoms with Crippen molar-refractivity contribution in [3.63, 3.8) is 0 Å². The molecule has 80 valence electrons. The summed E-state index contributed by atoms with van der Waals surface area (Å²) < 4.78 is 0. The van der Waals surface area contributed by atoms with E-state index < -0.39 is 5.60 Å². The predicted molar refractivity (Wildman–Crippen MR) is 60.3 cm³/mol. The molecule has 15 heavy (non-hydrogen) atoms. The number of carbonyl (C=O) groups excluding carboxylic acids is 1. The molecular formula is C11H13NO2S. The van der Waals surface area contributed by atoms with Crippen LogP contribution in [0.3, 0.4) is 0 Å². The molecule has 0 fully saturated rings. The Labute approximate surface area is 93.1 Å². The van der Waals surface area contributed by atoms with Gasteiger partial charge in [0.05, 0.1) is 6.54 Å². The standard InChI is InChI=1S/C11H13NO2S/c1-3-5-10(13)12-8-11(2,14)9-6-4-7-15-9/h4,6-7,14H,8H2,1-2H3,(H,12,13). The summed E-state index contributed by atoms with van der Waals surface area (Å²) in [6.45, 7) is 3.43. The molecule has 1 heterocycles. The van der Waals surface area contributed by atoms with Gasteiger partial charge in [0.2, 0.25) is 0 Å². The highest BCUT2D eigenvalue weighted by atomic mass is 32.1. The van der Waals surface area contributed by atoms with Gasteiger partial charge in [0.25, 0.3) is 5.91 Å². The lowest BCUT2D eigenvalue weighted by molar-refractivity contribution is -0.116. The maximum Gasteiger partial charge on any atom is 0.295 e. The predicted octanol–water partition coefficient (Wildman–Crippen LogP) is 1.10. The molecule has 1 unspecified atom stereocenters. The first kappa shape index (κ1) is 11.8. The van der Waals surface area contributed by atoms with Crippen LogP contribution in [-0.4, -0.2) is 17.6 Å². The van der Waals surface area contributed by atoms with Gasteiger partial charge in [-0.15, -0.1) is 11.3 Å². The zero-order chi connectivity index (χ0) is 11.3. The third-order valence-corrected chi connectivity index (χ3v) is 3.01. The van der Waals surface area contributed by atoms with Crippen LogP contribution in [-0.2, 0) is 10.4 Å². The first-order chi connectivity index (χ1) is 7.06. The van der Waals surface area contributed by atoms with Gasteiger partial charge in [0, 0.05) is 4.88 Å². The van der Waals surface area contributed by atoms with Crippen LogP contribution >= 0.6 is 11.3 Å². The molecule has 1 atom stereocenters. The monoisotopic (exact) mass is 223 g/mol. The molecule has 1 amide bonds. The van der Waals surface area contributed by atoms with Gasteiger partial charge in [-0.2, -0.15) is 0 Å². The van der Waals surface area contributed by atoms with E-state index in [1.54, 1.807) is 13.8 Å². The van der Waals surface area contributed by atoms with Gasteiger partial charge in [-0.05, 0) is 31.2 Å². The minimum absolute atomic E-state index is 0.168. The zero-order valence-electron chi connectivity index (χ0n) is 8.70. The van der Waals surface area contributed by atoms with Crippen LogP contribution in [0.1, 0.15) is 18.7 Å². The molecule has 0 saturated heterocycles. The van der Waals surface area contributed by atoms with E-state index in [1.807, 2.05) is 17.5 Å². The Morgan fingerprint density at radius 3 is 3.00 bits per heavy atom. The van der Waals surface area contributed by atoms with Crippen LogP contribution in [0.5, 0.6) is 0 Å². The Kier molecular flexibility index (Phi) is 3.89. The maximum atomic E-state index is 11.1. The molecule has 2 N–H and O–H groups in total. The Morgan fingerprint density at radius 1 is 1.73 bits per heavy atom. The Hall–Kier alpha value is -1.31. The van der Waals surface area contributed by atoms with Gasteiger partial charge >= 0.3 is 0 Å². The summed E-state index contributed by atoms with van der Waals surface area (Å²) in [7, 11) is 0. The molecule has 0 bridgehead atoms. The van der Waals surface area contributed by atoms with Crippen molar-refractivity contribution in [2.24, 2.45) is 0 Å². The van der Waals surface area contributed by atoms with Crippen LogP contribution in [0, 0.1) is 11.8 Å². The molecule has 0 saturated carbocycles. The number of hydrogen-bond acceptors (Lipinski definition) is 3. The molecule has 3 nitrogen and oxygen atoms in total. The largest absolute Gasteiger partial charge is 0.383 e. The fourth-order valence-corrected chi connectivity index (χ4v) is 1.87. The van der Waals surface area contributed by atoms with Crippen LogP contribution in [0.15, 0.2) is 17.5 Å². The van der Waals surface area contributed by atoms with Gasteiger partial charge in [-0.3, -0.25) is 4.79 Å². The van der Waals surface area contributed by atoms with Crippen molar-refractivity contribution in [3.05, 3.63) is 22.4 Å². The quantitative estimate of drug-likeness (QED) is 0.754. The normalized spacial score (nSPS) is 13.5. The van der Waals surface area contributed by atoms with E-state index >= 15 is 0 Å². The molecule has 0 aliphatic heterocycles. The van der Waals surface area contributed by atoms with Crippen LogP contribution < -0.4 is 5.32 Å². The summed E-state index contributed by atoms with van der Waals surface area (Å²) in [5, 5.41) is 14.5. The summed E-state index contributed by atoms with van der Waals surface area (Å²) in [6.07, 6.45) is 0. The van der Waals surface area contributed by atoms with Gasteiger partial charge < -0.3 is 10.4 Å². The number of amides is 1. The lowest BCUT2D eigenvalue weighted by atomic mass is 10.1. The average Bonchev–Trinajstić information content (AvgIpc) is 2.69. The molecular weight excluding hydrogens is 210 g/mol. The molecule has 4 heteroatoms.